The third-order valence-electron chi connectivity index (χ3n) is 9.92. The zero-order valence-electron chi connectivity index (χ0n) is 28.3. The Balaban J connectivity index is 1.07. The van der Waals surface area contributed by atoms with Crippen molar-refractivity contribution in [2.45, 2.75) is 25.7 Å². The summed E-state index contributed by atoms with van der Waals surface area (Å²) < 4.78 is 15.0. The van der Waals surface area contributed by atoms with Crippen LogP contribution in [0.15, 0.2) is 47.6 Å². The van der Waals surface area contributed by atoms with Gasteiger partial charge in [-0.15, -0.1) is 0 Å². The van der Waals surface area contributed by atoms with Gasteiger partial charge in [0.25, 0.3) is 5.91 Å². The Labute approximate surface area is 283 Å². The van der Waals surface area contributed by atoms with E-state index in [0.717, 1.165) is 64.4 Å². The number of halogens is 1. The number of carbonyl (C=O) groups excluding carboxylic acids is 3. The molecule has 11 nitrogen and oxygen atoms in total. The molecule has 0 saturated carbocycles. The summed E-state index contributed by atoms with van der Waals surface area (Å²) >= 11 is 0. The van der Waals surface area contributed by atoms with E-state index in [9.17, 15) is 18.8 Å². The van der Waals surface area contributed by atoms with E-state index >= 15 is 0 Å². The molecular weight excluding hydrogens is 611 g/mol. The highest BCUT2D eigenvalue weighted by molar-refractivity contribution is 6.07. The standard InChI is InChI=1S/C36H51FN8O3/c1-39-40-34(31-6-3-2-5-30(31)27-46)24-29-7-8-33(37)32(23-29)36(48)45-21-19-44(20-22-45)35(47)26-43-17-15-42(16-18-43)25-28-9-13-41(14-10-28)12-4-11-38/h2-3,5-8,23,27-28,39H,4,9-22,24-26,38H2,1H3/b40-34-. The highest BCUT2D eigenvalue weighted by atomic mass is 19.1. The van der Waals surface area contributed by atoms with Crippen LogP contribution >= 0.6 is 0 Å². The molecule has 0 aliphatic carbocycles. The molecule has 3 heterocycles. The molecule has 3 aliphatic heterocycles. The fourth-order valence-electron chi connectivity index (χ4n) is 7.06. The number of nitrogens with two attached hydrogens (primary N) is 1. The van der Waals surface area contributed by atoms with Gasteiger partial charge in [-0.2, -0.15) is 5.10 Å². The molecule has 48 heavy (non-hydrogen) atoms. The second kappa shape index (κ2) is 17.6. The van der Waals surface area contributed by atoms with Gasteiger partial charge < -0.3 is 30.8 Å². The zero-order valence-corrected chi connectivity index (χ0v) is 28.3. The molecule has 3 aliphatic rings. The average molecular weight is 663 g/mol. The van der Waals surface area contributed by atoms with Crippen LogP contribution in [-0.4, -0.2) is 147 Å². The number of nitrogens with one attached hydrogen (secondary N) is 1. The Morgan fingerprint density at radius 2 is 1.58 bits per heavy atom. The Hall–Kier alpha value is -3.71. The quantitative estimate of drug-likeness (QED) is 0.190. The third-order valence-corrected chi connectivity index (χ3v) is 9.92. The number of carbonyl (C=O) groups is 3. The summed E-state index contributed by atoms with van der Waals surface area (Å²) in [4.78, 5) is 49.0. The maximum atomic E-state index is 15.0. The maximum absolute atomic E-state index is 15.0. The minimum atomic E-state index is -0.588. The summed E-state index contributed by atoms with van der Waals surface area (Å²) in [5.41, 5.74) is 10.9. The number of benzene rings is 2. The third kappa shape index (κ3) is 9.46. The number of aldehydes is 1. The molecule has 0 atom stereocenters. The molecule has 2 aromatic carbocycles. The van der Waals surface area contributed by atoms with Crippen molar-refractivity contribution < 1.29 is 18.8 Å². The van der Waals surface area contributed by atoms with Crippen LogP contribution in [0.2, 0.25) is 0 Å². The van der Waals surface area contributed by atoms with Crippen molar-refractivity contribution in [2.24, 2.45) is 16.8 Å². The zero-order chi connectivity index (χ0) is 33.9. The topological polar surface area (TPSA) is 118 Å². The molecule has 0 bridgehead atoms. The van der Waals surface area contributed by atoms with Gasteiger partial charge in [-0.05, 0) is 69.1 Å². The van der Waals surface area contributed by atoms with E-state index in [-0.39, 0.29) is 17.4 Å². The fraction of sp³-hybridized carbons (Fsp3) is 0.556. The van der Waals surface area contributed by atoms with E-state index in [1.54, 1.807) is 36.2 Å². The first-order valence-corrected chi connectivity index (χ1v) is 17.4. The fourth-order valence-corrected chi connectivity index (χ4v) is 7.06. The molecule has 3 saturated heterocycles. The highest BCUT2D eigenvalue weighted by Crippen LogP contribution is 2.21. The summed E-state index contributed by atoms with van der Waals surface area (Å²) in [5.74, 6) is -0.146. The maximum Gasteiger partial charge on any atom is 0.256 e. The van der Waals surface area contributed by atoms with Gasteiger partial charge in [0.2, 0.25) is 5.91 Å². The molecule has 260 valence electrons. The Morgan fingerprint density at radius 3 is 2.27 bits per heavy atom. The molecule has 3 fully saturated rings. The molecule has 0 unspecified atom stereocenters. The number of amides is 2. The van der Waals surface area contributed by atoms with E-state index in [1.807, 2.05) is 17.0 Å². The lowest BCUT2D eigenvalue weighted by Crippen LogP contribution is -2.55. The van der Waals surface area contributed by atoms with E-state index in [2.05, 4.69) is 25.2 Å². The number of hydrogen-bond donors (Lipinski definition) is 2. The van der Waals surface area contributed by atoms with Crippen LogP contribution in [0.25, 0.3) is 0 Å². The molecule has 3 N–H and O–H groups in total. The smallest absolute Gasteiger partial charge is 0.256 e. The van der Waals surface area contributed by atoms with Crippen molar-refractivity contribution in [3.05, 3.63) is 70.5 Å². The number of piperazine rings is 2. The molecule has 2 amide bonds. The van der Waals surface area contributed by atoms with E-state index in [1.165, 1.54) is 32.0 Å². The summed E-state index contributed by atoms with van der Waals surface area (Å²) in [7, 11) is 1.67. The number of rotatable bonds is 13. The van der Waals surface area contributed by atoms with Crippen LogP contribution in [0.3, 0.4) is 0 Å². The van der Waals surface area contributed by atoms with Gasteiger partial charge in [0.15, 0.2) is 6.29 Å². The van der Waals surface area contributed by atoms with Crippen molar-refractivity contribution in [3.8, 4) is 0 Å². The van der Waals surface area contributed by atoms with Crippen LogP contribution < -0.4 is 11.2 Å². The van der Waals surface area contributed by atoms with Crippen molar-refractivity contribution in [2.75, 3.05) is 98.7 Å². The number of piperidine rings is 1. The predicted octanol–water partition coefficient (Wildman–Crippen LogP) is 1.77. The Bertz CT molecular complexity index is 1410. The number of likely N-dealkylation sites (tertiary alicyclic amines) is 1. The van der Waals surface area contributed by atoms with Gasteiger partial charge in [0.1, 0.15) is 5.82 Å². The summed E-state index contributed by atoms with van der Waals surface area (Å²) in [5, 5.41) is 4.36. The van der Waals surface area contributed by atoms with Gasteiger partial charge >= 0.3 is 0 Å². The first-order chi connectivity index (χ1) is 23.4. The SMILES string of the molecule is CN/N=C(/Cc1ccc(F)c(C(=O)N2CCN(C(=O)CN3CCN(CC4CCN(CCCN)CC4)CC3)CC2)c1)c1ccccc1C=O. The molecule has 0 spiro atoms. The van der Waals surface area contributed by atoms with Gasteiger partial charge in [0, 0.05) is 83.5 Å². The lowest BCUT2D eigenvalue weighted by atomic mass is 9.96. The lowest BCUT2D eigenvalue weighted by Gasteiger charge is -2.40. The number of hydrogen-bond acceptors (Lipinski definition) is 9. The van der Waals surface area contributed by atoms with E-state index < -0.39 is 5.82 Å². The van der Waals surface area contributed by atoms with Gasteiger partial charge in [-0.25, -0.2) is 4.39 Å². The number of hydrazone groups is 1. The van der Waals surface area contributed by atoms with Crippen LogP contribution in [0, 0.1) is 11.7 Å². The van der Waals surface area contributed by atoms with Crippen LogP contribution in [0.5, 0.6) is 0 Å². The Kier molecular flexibility index (Phi) is 13.1. The van der Waals surface area contributed by atoms with Gasteiger partial charge in [-0.3, -0.25) is 19.3 Å². The lowest BCUT2D eigenvalue weighted by molar-refractivity contribution is -0.134. The van der Waals surface area contributed by atoms with Gasteiger partial charge in [0.05, 0.1) is 17.8 Å². The minimum Gasteiger partial charge on any atom is -0.338 e. The predicted molar refractivity (Wildman–Crippen MR) is 186 cm³/mol. The number of nitrogens with zero attached hydrogens (tertiary/aromatic N) is 6. The van der Waals surface area contributed by atoms with Crippen molar-refractivity contribution in [3.63, 3.8) is 0 Å². The normalized spacial score (nSPS) is 19.0. The average Bonchev–Trinajstić information content (AvgIpc) is 3.12. The highest BCUT2D eigenvalue weighted by Gasteiger charge is 2.29. The molecular formula is C36H51FN8O3. The van der Waals surface area contributed by atoms with Crippen molar-refractivity contribution >= 4 is 23.8 Å². The van der Waals surface area contributed by atoms with Crippen LogP contribution in [-0.2, 0) is 11.2 Å². The molecule has 5 rings (SSSR count). The van der Waals surface area contributed by atoms with Crippen LogP contribution in [0.4, 0.5) is 4.39 Å². The van der Waals surface area contributed by atoms with Crippen LogP contribution in [0.1, 0.15) is 51.1 Å². The first kappa shape index (κ1) is 35.6. The second-order valence-corrected chi connectivity index (χ2v) is 13.2. The van der Waals surface area contributed by atoms with Crippen molar-refractivity contribution in [1.29, 1.82) is 0 Å². The second-order valence-electron chi connectivity index (χ2n) is 13.2. The van der Waals surface area contributed by atoms with E-state index in [0.29, 0.717) is 61.5 Å². The molecule has 2 aromatic rings. The molecule has 0 radical (unpaired) electrons. The van der Waals surface area contributed by atoms with E-state index in [4.69, 9.17) is 5.73 Å². The monoisotopic (exact) mass is 662 g/mol. The van der Waals surface area contributed by atoms with Gasteiger partial charge in [-0.1, -0.05) is 30.3 Å². The Morgan fingerprint density at radius 1 is 0.896 bits per heavy atom. The largest absolute Gasteiger partial charge is 0.338 e. The summed E-state index contributed by atoms with van der Waals surface area (Å²) in [6.07, 6.45) is 4.66. The summed E-state index contributed by atoms with van der Waals surface area (Å²) in [6.45, 7) is 11.1. The molecule has 12 heteroatoms. The molecule has 0 aromatic heterocycles. The minimum absolute atomic E-state index is 0.00484. The first-order valence-electron chi connectivity index (χ1n) is 17.4. The summed E-state index contributed by atoms with van der Waals surface area (Å²) in [6, 6.07) is 11.6. The van der Waals surface area contributed by atoms with Crippen molar-refractivity contribution in [1.82, 2.24) is 29.9 Å².